The van der Waals surface area contributed by atoms with Crippen LogP contribution in [0.2, 0.25) is 5.02 Å². The maximum Gasteiger partial charge on any atom is 0.273 e. The number of aromatic amines is 1. The maximum atomic E-state index is 12.6. The number of hydrogen-bond acceptors (Lipinski definition) is 6. The van der Waals surface area contributed by atoms with Crippen LogP contribution in [0.15, 0.2) is 29.1 Å². The van der Waals surface area contributed by atoms with Gasteiger partial charge in [-0.1, -0.05) is 23.7 Å². The summed E-state index contributed by atoms with van der Waals surface area (Å²) in [5.41, 5.74) is 0.554. The first kappa shape index (κ1) is 22.4. The summed E-state index contributed by atoms with van der Waals surface area (Å²) in [6.07, 6.45) is 2.60. The number of piperazine rings is 1. The zero-order chi connectivity index (χ0) is 22.5. The molecule has 10 heteroatoms. The molecule has 2 fully saturated rings. The fraction of sp³-hybridized carbons (Fsp3) is 0.500. The highest BCUT2D eigenvalue weighted by Crippen LogP contribution is 2.18. The molecule has 9 nitrogen and oxygen atoms in total. The number of amides is 2. The Morgan fingerprint density at radius 3 is 2.38 bits per heavy atom. The van der Waals surface area contributed by atoms with E-state index in [1.165, 1.54) is 0 Å². The fourth-order valence-electron chi connectivity index (χ4n) is 4.09. The topological polar surface area (TPSA) is 102 Å². The van der Waals surface area contributed by atoms with E-state index in [-0.39, 0.29) is 35.9 Å². The van der Waals surface area contributed by atoms with Crippen molar-refractivity contribution in [2.75, 3.05) is 45.8 Å². The van der Waals surface area contributed by atoms with Crippen molar-refractivity contribution in [3.05, 3.63) is 45.3 Å². The molecule has 0 bridgehead atoms. The molecule has 0 unspecified atom stereocenters. The van der Waals surface area contributed by atoms with Crippen LogP contribution >= 0.6 is 11.6 Å². The molecule has 0 radical (unpaired) electrons. The van der Waals surface area contributed by atoms with Gasteiger partial charge < -0.3 is 14.8 Å². The van der Waals surface area contributed by atoms with Crippen LogP contribution in [0, 0.1) is 0 Å². The largest absolute Gasteiger partial charge is 0.342 e. The molecule has 2 aliphatic heterocycles. The molecule has 0 aliphatic carbocycles. The molecule has 170 valence electrons. The molecule has 0 spiro atoms. The molecule has 2 aliphatic rings. The number of H-pyrrole nitrogens is 1. The number of aryl methyl sites for hydroxylation is 1. The first-order chi connectivity index (χ1) is 15.5. The molecule has 1 N–H and O–H groups in total. The number of nitrogens with zero attached hydrogens (tertiary/aromatic N) is 5. The van der Waals surface area contributed by atoms with E-state index in [9.17, 15) is 14.4 Å². The summed E-state index contributed by atoms with van der Waals surface area (Å²) in [6.45, 7) is 4.68. The zero-order valence-electron chi connectivity index (χ0n) is 17.9. The first-order valence-electron chi connectivity index (χ1n) is 11.0. The Morgan fingerprint density at radius 2 is 1.69 bits per heavy atom. The lowest BCUT2D eigenvalue weighted by Gasteiger charge is -2.35. The van der Waals surface area contributed by atoms with Gasteiger partial charge in [-0.3, -0.25) is 19.3 Å². The van der Waals surface area contributed by atoms with Gasteiger partial charge in [0.25, 0.3) is 5.56 Å². The fourth-order valence-corrected chi connectivity index (χ4v) is 4.28. The third-order valence-corrected chi connectivity index (χ3v) is 6.22. The number of aromatic nitrogens is 3. The third-order valence-electron chi connectivity index (χ3n) is 5.98. The number of rotatable bonds is 6. The highest BCUT2D eigenvalue weighted by atomic mass is 35.5. The second kappa shape index (κ2) is 10.2. The number of carbonyl (C=O) groups excluding carboxylic acids is 2. The van der Waals surface area contributed by atoms with Crippen molar-refractivity contribution in [2.45, 2.75) is 25.7 Å². The molecule has 2 saturated heterocycles. The van der Waals surface area contributed by atoms with Gasteiger partial charge in [0.05, 0.1) is 6.54 Å². The van der Waals surface area contributed by atoms with Gasteiger partial charge in [0, 0.05) is 62.7 Å². The van der Waals surface area contributed by atoms with Gasteiger partial charge in [-0.2, -0.15) is 0 Å². The molecule has 0 saturated carbocycles. The summed E-state index contributed by atoms with van der Waals surface area (Å²) in [5.74, 6) is 0.504. The molecular formula is C22H27ClN6O3. The van der Waals surface area contributed by atoms with E-state index in [0.29, 0.717) is 49.1 Å². The van der Waals surface area contributed by atoms with Crippen LogP contribution in [0.25, 0.3) is 11.4 Å². The SMILES string of the molecule is O=C(CCc1nnc(-c2cccc(Cl)c2)[nH]c1=O)N1CCN(CC(=O)N2CCCC2)CC1. The highest BCUT2D eigenvalue weighted by molar-refractivity contribution is 6.30. The molecular weight excluding hydrogens is 432 g/mol. The Hall–Kier alpha value is -2.78. The Morgan fingerprint density at radius 1 is 0.969 bits per heavy atom. The van der Waals surface area contributed by atoms with Crippen LogP contribution < -0.4 is 5.56 Å². The van der Waals surface area contributed by atoms with E-state index in [1.807, 2.05) is 4.90 Å². The van der Waals surface area contributed by atoms with Crippen LogP contribution in [0.4, 0.5) is 0 Å². The molecule has 32 heavy (non-hydrogen) atoms. The number of carbonyl (C=O) groups is 2. The number of likely N-dealkylation sites (tertiary alicyclic amines) is 1. The number of halogens is 1. The Kier molecular flexibility index (Phi) is 7.16. The molecule has 1 aromatic carbocycles. The van der Waals surface area contributed by atoms with E-state index in [1.54, 1.807) is 29.2 Å². The normalized spacial score (nSPS) is 17.0. The molecule has 2 aromatic rings. The Bertz CT molecular complexity index is 1030. The van der Waals surface area contributed by atoms with Gasteiger partial charge in [0.2, 0.25) is 11.8 Å². The van der Waals surface area contributed by atoms with Crippen molar-refractivity contribution in [3.63, 3.8) is 0 Å². The summed E-state index contributed by atoms with van der Waals surface area (Å²) in [5, 5.41) is 8.65. The zero-order valence-corrected chi connectivity index (χ0v) is 18.7. The van der Waals surface area contributed by atoms with Crippen molar-refractivity contribution in [3.8, 4) is 11.4 Å². The predicted octanol–water partition coefficient (Wildman–Crippen LogP) is 1.18. The number of hydrogen-bond donors (Lipinski definition) is 1. The standard InChI is InChI=1S/C22H27ClN6O3/c23-17-5-3-4-16(14-17)21-24-22(32)18(25-26-21)6-7-19(30)29-12-10-27(11-13-29)15-20(31)28-8-1-2-9-28/h3-5,14H,1-2,6-13,15H2,(H,24,26,32). The predicted molar refractivity (Wildman–Crippen MR) is 120 cm³/mol. The van der Waals surface area contributed by atoms with Crippen molar-refractivity contribution >= 4 is 23.4 Å². The van der Waals surface area contributed by atoms with Crippen molar-refractivity contribution in [2.24, 2.45) is 0 Å². The van der Waals surface area contributed by atoms with Gasteiger partial charge in [-0.05, 0) is 25.0 Å². The quantitative estimate of drug-likeness (QED) is 0.697. The minimum Gasteiger partial charge on any atom is -0.342 e. The van der Waals surface area contributed by atoms with E-state index in [2.05, 4.69) is 20.1 Å². The van der Waals surface area contributed by atoms with Gasteiger partial charge in [-0.25, -0.2) is 0 Å². The highest BCUT2D eigenvalue weighted by Gasteiger charge is 2.25. The lowest BCUT2D eigenvalue weighted by Crippen LogP contribution is -2.51. The monoisotopic (exact) mass is 458 g/mol. The summed E-state index contributed by atoms with van der Waals surface area (Å²) < 4.78 is 0. The van der Waals surface area contributed by atoms with E-state index >= 15 is 0 Å². The summed E-state index contributed by atoms with van der Waals surface area (Å²) in [4.78, 5) is 45.8. The molecule has 2 amide bonds. The van der Waals surface area contributed by atoms with Gasteiger partial charge in [0.15, 0.2) is 5.82 Å². The van der Waals surface area contributed by atoms with Crippen LogP contribution in [-0.2, 0) is 16.0 Å². The number of benzene rings is 1. The summed E-state index contributed by atoms with van der Waals surface area (Å²) in [7, 11) is 0. The Balaban J connectivity index is 1.25. The minimum absolute atomic E-state index is 0.0179. The van der Waals surface area contributed by atoms with Crippen molar-refractivity contribution in [1.82, 2.24) is 29.9 Å². The lowest BCUT2D eigenvalue weighted by atomic mass is 10.2. The van der Waals surface area contributed by atoms with Crippen LogP contribution in [-0.4, -0.2) is 87.5 Å². The number of nitrogens with one attached hydrogen (secondary N) is 1. The molecule has 1 aromatic heterocycles. The van der Waals surface area contributed by atoms with Crippen LogP contribution in [0.3, 0.4) is 0 Å². The van der Waals surface area contributed by atoms with E-state index < -0.39 is 0 Å². The van der Waals surface area contributed by atoms with Crippen molar-refractivity contribution < 1.29 is 9.59 Å². The van der Waals surface area contributed by atoms with E-state index in [4.69, 9.17) is 11.6 Å². The van der Waals surface area contributed by atoms with Crippen LogP contribution in [0.5, 0.6) is 0 Å². The maximum absolute atomic E-state index is 12.6. The summed E-state index contributed by atoms with van der Waals surface area (Å²) in [6, 6.07) is 6.99. The second-order valence-corrected chi connectivity index (χ2v) is 8.64. The molecule has 3 heterocycles. The average Bonchev–Trinajstić information content (AvgIpc) is 3.34. The summed E-state index contributed by atoms with van der Waals surface area (Å²) >= 11 is 5.98. The van der Waals surface area contributed by atoms with Crippen LogP contribution in [0.1, 0.15) is 25.0 Å². The van der Waals surface area contributed by atoms with Gasteiger partial charge in [-0.15, -0.1) is 10.2 Å². The lowest BCUT2D eigenvalue weighted by molar-refractivity contribution is -0.134. The third kappa shape index (κ3) is 5.52. The van der Waals surface area contributed by atoms with Crippen molar-refractivity contribution in [1.29, 1.82) is 0 Å². The smallest absolute Gasteiger partial charge is 0.273 e. The second-order valence-electron chi connectivity index (χ2n) is 8.20. The minimum atomic E-state index is -0.354. The first-order valence-corrected chi connectivity index (χ1v) is 11.4. The van der Waals surface area contributed by atoms with Gasteiger partial charge >= 0.3 is 0 Å². The molecule has 4 rings (SSSR count). The average molecular weight is 459 g/mol. The van der Waals surface area contributed by atoms with Gasteiger partial charge in [0.1, 0.15) is 5.69 Å². The van der Waals surface area contributed by atoms with E-state index in [0.717, 1.165) is 25.9 Å². The Labute approximate surface area is 191 Å². The molecule has 0 atom stereocenters.